The quantitative estimate of drug-likeness (QED) is 0.0880. The van der Waals surface area contributed by atoms with Crippen LogP contribution in [-0.2, 0) is 37.1 Å². The van der Waals surface area contributed by atoms with Gasteiger partial charge < -0.3 is 39.2 Å². The molecule has 0 spiro atoms. The number of nitrogens with one attached hydrogen (secondary N) is 2. The van der Waals surface area contributed by atoms with Gasteiger partial charge in [0.2, 0.25) is 23.6 Å². The molecule has 2 aromatic carbocycles. The molecule has 2 fully saturated rings. The van der Waals surface area contributed by atoms with Crippen LogP contribution in [0.5, 0.6) is 0 Å². The molecule has 69 heavy (non-hydrogen) atoms. The van der Waals surface area contributed by atoms with Gasteiger partial charge in [-0.1, -0.05) is 88.3 Å². The lowest BCUT2D eigenvalue weighted by Gasteiger charge is -2.33. The van der Waals surface area contributed by atoms with Crippen LogP contribution in [0.4, 0.5) is 0 Å². The summed E-state index contributed by atoms with van der Waals surface area (Å²) in [4.78, 5) is 74.0. The zero-order chi connectivity index (χ0) is 49.1. The Balaban J connectivity index is 0.938. The Morgan fingerprint density at radius 1 is 0.928 bits per heavy atom. The second-order valence-electron chi connectivity index (χ2n) is 19.4. The summed E-state index contributed by atoms with van der Waals surface area (Å²) >= 11 is 2.81. The number of aliphatic hydroxyl groups is 1. The van der Waals surface area contributed by atoms with Crippen molar-refractivity contribution in [1.29, 1.82) is 0 Å². The molecule has 0 saturated carbocycles. The summed E-state index contributed by atoms with van der Waals surface area (Å²) in [5, 5.41) is 22.0. The second-order valence-corrected chi connectivity index (χ2v) is 21.2. The van der Waals surface area contributed by atoms with Gasteiger partial charge in [0, 0.05) is 44.1 Å². The molecule has 8 rings (SSSR count). The summed E-state index contributed by atoms with van der Waals surface area (Å²) < 4.78 is 22.2. The number of benzene rings is 2. The number of likely N-dealkylation sites (tertiary alicyclic amines) is 2. The molecule has 3 N–H and O–H groups in total. The van der Waals surface area contributed by atoms with Crippen LogP contribution in [0.1, 0.15) is 111 Å². The summed E-state index contributed by atoms with van der Waals surface area (Å²) in [7, 11) is 0. The van der Waals surface area contributed by atoms with E-state index in [1.165, 1.54) is 22.8 Å². The van der Waals surface area contributed by atoms with E-state index in [9.17, 15) is 24.3 Å². The minimum Gasteiger partial charge on any atom is -0.444 e. The summed E-state index contributed by atoms with van der Waals surface area (Å²) in [6.07, 6.45) is 1.88. The number of hydrogen-bond acceptors (Lipinski definition) is 15. The highest BCUT2D eigenvalue weighted by Gasteiger charge is 2.47. The number of aromatic nitrogens is 5. The van der Waals surface area contributed by atoms with Crippen LogP contribution in [0.2, 0.25) is 0 Å². The molecule has 2 aliphatic heterocycles. The average Bonchev–Trinajstić information content (AvgIpc) is 4.18. The number of hydrogen-bond donors (Lipinski definition) is 3. The third-order valence-electron chi connectivity index (χ3n) is 12.8. The van der Waals surface area contributed by atoms with Crippen molar-refractivity contribution in [2.24, 2.45) is 11.3 Å². The number of rotatable bonds is 16. The van der Waals surface area contributed by atoms with E-state index in [-0.39, 0.29) is 80.4 Å². The van der Waals surface area contributed by atoms with E-state index in [1.54, 1.807) is 28.5 Å². The molecule has 17 nitrogen and oxygen atoms in total. The smallest absolute Gasteiger partial charge is 0.243 e. The third kappa shape index (κ3) is 11.2. The number of β-amino-alcohol motifs (C(OH)–C–C–N with tert-alkyl or cyclic N) is 1. The first-order valence-electron chi connectivity index (χ1n) is 23.2. The van der Waals surface area contributed by atoms with Gasteiger partial charge in [0.05, 0.1) is 47.1 Å². The van der Waals surface area contributed by atoms with Gasteiger partial charge in [-0.15, -0.1) is 11.3 Å². The zero-order valence-corrected chi connectivity index (χ0v) is 41.7. The lowest BCUT2D eigenvalue weighted by molar-refractivity contribution is -0.142. The van der Waals surface area contributed by atoms with Crippen LogP contribution < -0.4 is 10.6 Å². The lowest BCUT2D eigenvalue weighted by Crippen LogP contribution is -2.49. The van der Waals surface area contributed by atoms with Gasteiger partial charge in [-0.3, -0.25) is 19.2 Å². The fourth-order valence-corrected chi connectivity index (χ4v) is 10.5. The first-order chi connectivity index (χ1) is 32.9. The van der Waals surface area contributed by atoms with E-state index in [0.29, 0.717) is 17.3 Å². The van der Waals surface area contributed by atoms with Crippen LogP contribution in [-0.4, -0.2) is 100 Å². The molecule has 0 unspecified atom stereocenters. The molecule has 0 aliphatic carbocycles. The molecule has 6 heterocycles. The molecule has 0 bridgehead atoms. The number of nitrogens with zero attached hydrogens (tertiary/aromatic N) is 7. The molecule has 7 atom stereocenters. The van der Waals surface area contributed by atoms with Crippen molar-refractivity contribution in [3.8, 4) is 21.8 Å². The number of oxazole rings is 1. The maximum absolute atomic E-state index is 14.6. The number of thiazole rings is 1. The highest BCUT2D eigenvalue weighted by atomic mass is 32.1. The summed E-state index contributed by atoms with van der Waals surface area (Å²) in [6, 6.07) is 15.1. The first kappa shape index (κ1) is 49.3. The van der Waals surface area contributed by atoms with Gasteiger partial charge >= 0.3 is 0 Å². The number of ether oxygens (including phenoxy) is 1. The average molecular weight is 978 g/mol. The van der Waals surface area contributed by atoms with Crippen LogP contribution in [0.3, 0.4) is 0 Å². The predicted molar refractivity (Wildman–Crippen MR) is 258 cm³/mol. The van der Waals surface area contributed by atoms with Gasteiger partial charge in [-0.05, 0) is 60.3 Å². The molecule has 0 radical (unpaired) electrons. The topological polar surface area (TPSA) is 219 Å². The fourth-order valence-electron chi connectivity index (χ4n) is 9.20. The van der Waals surface area contributed by atoms with Crippen LogP contribution in [0, 0.1) is 25.2 Å². The maximum Gasteiger partial charge on any atom is 0.243 e. The third-order valence-corrected chi connectivity index (χ3v) is 14.4. The zero-order valence-electron chi connectivity index (χ0n) is 40.0. The Morgan fingerprint density at radius 2 is 1.64 bits per heavy atom. The molecule has 2 aliphatic rings. The number of amides is 4. The Kier molecular flexibility index (Phi) is 14.9. The lowest BCUT2D eigenvalue weighted by atomic mass is 9.78. The van der Waals surface area contributed by atoms with Crippen molar-refractivity contribution in [3.63, 3.8) is 0 Å². The molecule has 19 heteroatoms. The largest absolute Gasteiger partial charge is 0.444 e. The Labute approximate surface area is 409 Å². The first-order valence-corrected chi connectivity index (χ1v) is 24.8. The highest BCUT2D eigenvalue weighted by molar-refractivity contribution is 7.13. The van der Waals surface area contributed by atoms with Crippen molar-refractivity contribution < 1.29 is 38.0 Å². The van der Waals surface area contributed by atoms with Crippen molar-refractivity contribution in [2.45, 2.75) is 124 Å². The molecule has 364 valence electrons. The molecular formula is C50H59N9O8S2. The van der Waals surface area contributed by atoms with E-state index in [0.717, 1.165) is 37.8 Å². The van der Waals surface area contributed by atoms with E-state index >= 15 is 0 Å². The van der Waals surface area contributed by atoms with Gasteiger partial charge in [-0.25, -0.2) is 15.0 Å². The van der Waals surface area contributed by atoms with Gasteiger partial charge in [-0.2, -0.15) is 4.37 Å². The minimum absolute atomic E-state index is 0.0190. The standard InChI is InChI=1S/C50H59N9O8S2/c1-27(2)42(45-55-30(5)69-57-45)48(63)59-23-37(19-39(59)46(61)52-20-31-9-11-34(12-10-31)44-29(4)53-26-68-44)65-24-35-17-40(67-56-35)43(50(6,7)8)49(64)58-22-36(60)18-38(58)47(62)54-28(3)32-13-15-33(16-14-32)41-21-51-25-66-41/h9-17,21,25-28,36-39,42-43,60H,18-20,22-24H2,1-8H3,(H,52,61)(H,54,62)/t28-,36+,37+,38-,39-,42+,43+/m0/s1. The molecule has 4 amide bonds. The van der Waals surface area contributed by atoms with Gasteiger partial charge in [0.15, 0.2) is 18.0 Å². The van der Waals surface area contributed by atoms with Crippen molar-refractivity contribution >= 4 is 46.5 Å². The second kappa shape index (κ2) is 20.8. The van der Waals surface area contributed by atoms with Crippen molar-refractivity contribution in [1.82, 2.24) is 44.9 Å². The Hall–Kier alpha value is -6.15. The van der Waals surface area contributed by atoms with Gasteiger partial charge in [0.25, 0.3) is 0 Å². The molecule has 4 aromatic heterocycles. The number of aliphatic hydroxyl groups excluding tert-OH is 1. The molecular weight excluding hydrogens is 919 g/mol. The highest BCUT2D eigenvalue weighted by Crippen LogP contribution is 2.39. The van der Waals surface area contributed by atoms with Crippen LogP contribution in [0.15, 0.2) is 81.6 Å². The number of aryl methyl sites for hydroxylation is 2. The van der Waals surface area contributed by atoms with Crippen molar-refractivity contribution in [2.75, 3.05) is 13.1 Å². The number of carbonyl (C=O) groups is 4. The normalized spacial score (nSPS) is 19.7. The molecule has 2 saturated heterocycles. The van der Waals surface area contributed by atoms with Crippen molar-refractivity contribution in [3.05, 3.63) is 112 Å². The van der Waals surface area contributed by atoms with E-state index in [2.05, 4.69) is 35.1 Å². The monoisotopic (exact) mass is 977 g/mol. The Morgan fingerprint density at radius 3 is 2.28 bits per heavy atom. The van der Waals surface area contributed by atoms with Crippen LogP contribution >= 0.6 is 22.9 Å². The van der Waals surface area contributed by atoms with Gasteiger partial charge in [0.1, 0.15) is 40.4 Å². The van der Waals surface area contributed by atoms with E-state index < -0.39 is 41.5 Å². The predicted octanol–water partition coefficient (Wildman–Crippen LogP) is 7.13. The summed E-state index contributed by atoms with van der Waals surface area (Å²) in [6.45, 7) is 15.7. The van der Waals surface area contributed by atoms with E-state index in [1.807, 2.05) is 109 Å². The Bertz CT molecular complexity index is 2730. The summed E-state index contributed by atoms with van der Waals surface area (Å²) in [5.74, 6) is -1.62. The SMILES string of the molecule is Cc1nc([C@H](C(=O)N2C[C@H](OCc3cc([C@H](C(=O)N4C[C@H](O)C[C@H]4C(=O)N[C@@H](C)c4ccc(-c5cnco5)cc4)C(C)(C)C)on3)C[C@H]2C(=O)NCc2ccc(-c3scnc3C)cc2)C(C)C)ns1. The van der Waals surface area contributed by atoms with Crippen LogP contribution in [0.25, 0.3) is 21.8 Å². The fraction of sp³-hybridized carbons (Fsp3) is 0.460. The van der Waals surface area contributed by atoms with E-state index in [4.69, 9.17) is 13.7 Å². The maximum atomic E-state index is 14.6. The molecule has 6 aromatic rings. The minimum atomic E-state index is -0.915. The summed E-state index contributed by atoms with van der Waals surface area (Å²) in [5.41, 5.74) is 6.17. The number of carbonyl (C=O) groups excluding carboxylic acids is 4.